The minimum atomic E-state index is -0.0695. The molecule has 0 saturated heterocycles. The van der Waals surface area contributed by atoms with Gasteiger partial charge in [0.15, 0.2) is 16.7 Å². The molecule has 0 radical (unpaired) electrons. The third-order valence-electron chi connectivity index (χ3n) is 3.85. The van der Waals surface area contributed by atoms with E-state index in [1.807, 2.05) is 20.1 Å². The zero-order valence-corrected chi connectivity index (χ0v) is 16.0. The van der Waals surface area contributed by atoms with E-state index in [2.05, 4.69) is 15.3 Å². The van der Waals surface area contributed by atoms with Crippen LogP contribution in [-0.2, 0) is 11.2 Å². The first-order chi connectivity index (χ1) is 12.0. The average Bonchev–Trinajstić information content (AvgIpc) is 2.60. The highest BCUT2D eigenvalue weighted by Gasteiger charge is 2.12. The van der Waals surface area contributed by atoms with Gasteiger partial charge < -0.3 is 14.8 Å². The van der Waals surface area contributed by atoms with Crippen LogP contribution in [0.15, 0.2) is 23.4 Å². The molecule has 1 N–H and O–H groups in total. The highest BCUT2D eigenvalue weighted by molar-refractivity contribution is 7.98. The number of hydrogen-bond donors (Lipinski definition) is 1. The van der Waals surface area contributed by atoms with Crippen molar-refractivity contribution in [3.05, 3.63) is 35.2 Å². The number of methoxy groups -OCH3 is 2. The summed E-state index contributed by atoms with van der Waals surface area (Å²) in [5, 5.41) is 3.64. The van der Waals surface area contributed by atoms with Gasteiger partial charge in [-0.15, -0.1) is 0 Å². The summed E-state index contributed by atoms with van der Waals surface area (Å²) in [6.07, 6.45) is 2.91. The molecule has 0 saturated carbocycles. The minimum Gasteiger partial charge on any atom is -0.493 e. The molecule has 7 heteroatoms. The number of rotatable bonds is 7. The third-order valence-corrected chi connectivity index (χ3v) is 4.40. The van der Waals surface area contributed by atoms with Gasteiger partial charge in [-0.1, -0.05) is 11.8 Å². The molecule has 1 amide bonds. The number of nitrogens with zero attached hydrogens (tertiary/aromatic N) is 2. The van der Waals surface area contributed by atoms with Gasteiger partial charge in [0, 0.05) is 29.6 Å². The molecule has 1 heterocycles. The van der Waals surface area contributed by atoms with Gasteiger partial charge in [-0.25, -0.2) is 9.97 Å². The van der Waals surface area contributed by atoms with Crippen LogP contribution in [0.3, 0.4) is 0 Å². The lowest BCUT2D eigenvalue weighted by Crippen LogP contribution is -2.14. The number of amides is 1. The number of ether oxygens (including phenoxy) is 2. The Morgan fingerprint density at radius 3 is 2.32 bits per heavy atom. The normalized spacial score (nSPS) is 10.4. The molecular formula is C18H23N3O3S. The molecule has 0 fully saturated rings. The molecule has 25 heavy (non-hydrogen) atoms. The molecule has 0 atom stereocenters. The highest BCUT2D eigenvalue weighted by atomic mass is 32.2. The largest absolute Gasteiger partial charge is 0.493 e. The van der Waals surface area contributed by atoms with E-state index in [0.29, 0.717) is 30.0 Å². The summed E-state index contributed by atoms with van der Waals surface area (Å²) in [5.74, 6) is 1.13. The summed E-state index contributed by atoms with van der Waals surface area (Å²) < 4.78 is 10.4. The fraction of sp³-hybridized carbons (Fsp3) is 0.389. The van der Waals surface area contributed by atoms with Crippen LogP contribution in [0.4, 0.5) is 5.69 Å². The topological polar surface area (TPSA) is 73.3 Å². The van der Waals surface area contributed by atoms with Crippen LogP contribution < -0.4 is 14.8 Å². The van der Waals surface area contributed by atoms with E-state index in [-0.39, 0.29) is 5.91 Å². The monoisotopic (exact) mass is 361 g/mol. The van der Waals surface area contributed by atoms with Crippen LogP contribution in [-0.4, -0.2) is 36.4 Å². The van der Waals surface area contributed by atoms with Gasteiger partial charge in [0.1, 0.15) is 0 Å². The Bertz CT molecular complexity index is 742. The minimum absolute atomic E-state index is 0.0695. The van der Waals surface area contributed by atoms with Crippen LogP contribution in [0.25, 0.3) is 0 Å². The maximum absolute atomic E-state index is 12.3. The van der Waals surface area contributed by atoms with Gasteiger partial charge in [0.2, 0.25) is 5.91 Å². The number of anilines is 1. The number of carbonyl (C=O) groups is 1. The number of thioether (sulfide) groups is 1. The van der Waals surface area contributed by atoms with Gasteiger partial charge in [-0.2, -0.15) is 0 Å². The molecule has 0 aliphatic carbocycles. The quantitative estimate of drug-likeness (QED) is 0.602. The van der Waals surface area contributed by atoms with Crippen LogP contribution in [0.1, 0.15) is 23.4 Å². The van der Waals surface area contributed by atoms with Crippen LogP contribution in [0.5, 0.6) is 11.5 Å². The molecule has 0 aliphatic heterocycles. The summed E-state index contributed by atoms with van der Waals surface area (Å²) in [7, 11) is 3.14. The van der Waals surface area contributed by atoms with Crippen molar-refractivity contribution >= 4 is 23.4 Å². The van der Waals surface area contributed by atoms with E-state index in [4.69, 9.17) is 9.47 Å². The highest BCUT2D eigenvalue weighted by Crippen LogP contribution is 2.29. The Balaban J connectivity index is 2.02. The van der Waals surface area contributed by atoms with Crippen molar-refractivity contribution in [1.29, 1.82) is 0 Å². The standard InChI is InChI=1S/C18H23N3O3S/c1-11-14(12(2)20-18(19-11)25-5)7-9-17(22)21-13-6-8-15(23-3)16(10-13)24-4/h6,8,10H,7,9H2,1-5H3,(H,21,22). The van der Waals surface area contributed by atoms with Gasteiger partial charge in [0.25, 0.3) is 0 Å². The molecule has 0 spiro atoms. The fourth-order valence-corrected chi connectivity index (χ4v) is 2.99. The van der Waals surface area contributed by atoms with Gasteiger partial charge in [-0.3, -0.25) is 4.79 Å². The van der Waals surface area contributed by atoms with Crippen molar-refractivity contribution in [2.75, 3.05) is 25.8 Å². The predicted molar refractivity (Wildman–Crippen MR) is 99.8 cm³/mol. The Labute approximate surface area is 152 Å². The lowest BCUT2D eigenvalue weighted by molar-refractivity contribution is -0.116. The van der Waals surface area contributed by atoms with E-state index in [9.17, 15) is 4.79 Å². The van der Waals surface area contributed by atoms with Crippen molar-refractivity contribution < 1.29 is 14.3 Å². The Morgan fingerprint density at radius 2 is 1.76 bits per heavy atom. The zero-order chi connectivity index (χ0) is 18.4. The van der Waals surface area contributed by atoms with E-state index in [0.717, 1.165) is 22.1 Å². The maximum Gasteiger partial charge on any atom is 0.224 e. The molecule has 0 bridgehead atoms. The first-order valence-corrected chi connectivity index (χ1v) is 9.11. The van der Waals surface area contributed by atoms with Crippen LogP contribution >= 0.6 is 11.8 Å². The number of nitrogens with one attached hydrogen (secondary N) is 1. The van der Waals surface area contributed by atoms with Crippen molar-refractivity contribution in [1.82, 2.24) is 9.97 Å². The molecule has 2 aromatic rings. The zero-order valence-electron chi connectivity index (χ0n) is 15.2. The Kier molecular flexibility index (Phi) is 6.64. The first-order valence-electron chi connectivity index (χ1n) is 7.88. The lowest BCUT2D eigenvalue weighted by Gasteiger charge is -2.12. The van der Waals surface area contributed by atoms with E-state index in [1.165, 1.54) is 11.8 Å². The van der Waals surface area contributed by atoms with E-state index >= 15 is 0 Å². The number of aromatic nitrogens is 2. The van der Waals surface area contributed by atoms with Crippen LogP contribution in [0.2, 0.25) is 0 Å². The van der Waals surface area contributed by atoms with E-state index < -0.39 is 0 Å². The molecule has 134 valence electrons. The fourth-order valence-electron chi connectivity index (χ4n) is 2.54. The molecule has 6 nitrogen and oxygen atoms in total. The molecular weight excluding hydrogens is 338 g/mol. The van der Waals surface area contributed by atoms with E-state index in [1.54, 1.807) is 32.4 Å². The summed E-state index contributed by atoms with van der Waals surface area (Å²) in [6, 6.07) is 5.29. The average molecular weight is 361 g/mol. The number of hydrogen-bond acceptors (Lipinski definition) is 6. The second kappa shape index (κ2) is 8.71. The number of aryl methyl sites for hydroxylation is 2. The third kappa shape index (κ3) is 4.85. The maximum atomic E-state index is 12.3. The summed E-state index contributed by atoms with van der Waals surface area (Å²) in [6.45, 7) is 3.91. The number of benzene rings is 1. The van der Waals surface area contributed by atoms with Crippen molar-refractivity contribution in [2.45, 2.75) is 31.8 Å². The second-order valence-corrected chi connectivity index (χ2v) is 6.25. The Morgan fingerprint density at radius 1 is 1.12 bits per heavy atom. The molecule has 2 rings (SSSR count). The molecule has 1 aromatic carbocycles. The SMILES string of the molecule is COc1ccc(NC(=O)CCc2c(C)nc(SC)nc2C)cc1OC. The molecule has 0 aliphatic rings. The van der Waals surface area contributed by atoms with Crippen molar-refractivity contribution in [3.63, 3.8) is 0 Å². The number of carbonyl (C=O) groups excluding carboxylic acids is 1. The smallest absolute Gasteiger partial charge is 0.224 e. The summed E-state index contributed by atoms with van der Waals surface area (Å²) >= 11 is 1.51. The van der Waals surface area contributed by atoms with Gasteiger partial charge >= 0.3 is 0 Å². The molecule has 0 unspecified atom stereocenters. The Hall–Kier alpha value is -2.28. The second-order valence-electron chi connectivity index (χ2n) is 5.48. The molecule has 1 aromatic heterocycles. The van der Waals surface area contributed by atoms with Crippen LogP contribution in [0, 0.1) is 13.8 Å². The summed E-state index contributed by atoms with van der Waals surface area (Å²) in [5.41, 5.74) is 3.55. The van der Waals surface area contributed by atoms with Crippen molar-refractivity contribution in [3.8, 4) is 11.5 Å². The van der Waals surface area contributed by atoms with Gasteiger partial charge in [-0.05, 0) is 44.2 Å². The lowest BCUT2D eigenvalue weighted by atomic mass is 10.1. The summed E-state index contributed by atoms with van der Waals surface area (Å²) in [4.78, 5) is 21.1. The predicted octanol–water partition coefficient (Wildman–Crippen LogP) is 3.40. The van der Waals surface area contributed by atoms with Crippen molar-refractivity contribution in [2.24, 2.45) is 0 Å². The van der Waals surface area contributed by atoms with Gasteiger partial charge in [0.05, 0.1) is 14.2 Å². The first kappa shape index (κ1) is 19.1.